The number of phenolic OH excluding ortho intramolecular Hbond substituents is 4. The summed E-state index contributed by atoms with van der Waals surface area (Å²) in [5.41, 5.74) is -4.66. The van der Waals surface area contributed by atoms with Crippen LogP contribution < -0.4 is 0 Å². The Morgan fingerprint density at radius 1 is 0.494 bits per heavy atom. The molecule has 0 radical (unpaired) electrons. The Hall–Kier alpha value is -3.70. The monoisotopic (exact) mass is 1170 g/mol. The molecular weight excluding hydrogens is 1080 g/mol. The van der Waals surface area contributed by atoms with Gasteiger partial charge in [0, 0.05) is 68.2 Å². The number of aliphatic hydroxyl groups is 3. The third-order valence-corrected chi connectivity index (χ3v) is 18.7. The summed E-state index contributed by atoms with van der Waals surface area (Å²) >= 11 is 0. The number of carbonyl (C=O) groups excluding carboxylic acids is 2. The number of ketones is 2. The number of ether oxygens (including phenoxy) is 12. The average Bonchev–Trinajstić information content (AvgIpc) is 3.07. The number of hydrogen-bond donors (Lipinski definition) is 7. The molecule has 0 bridgehead atoms. The largest absolute Gasteiger partial charge is 0.507 e. The van der Waals surface area contributed by atoms with Gasteiger partial charge in [-0.15, -0.1) is 0 Å². The zero-order chi connectivity index (χ0) is 59.7. The van der Waals surface area contributed by atoms with Crippen LogP contribution in [-0.4, -0.2) is 214 Å². The van der Waals surface area contributed by atoms with E-state index >= 15 is 0 Å². The first-order valence-corrected chi connectivity index (χ1v) is 29.9. The first-order valence-electron chi connectivity index (χ1n) is 29.9. The number of rotatable bonds is 15. The van der Waals surface area contributed by atoms with Gasteiger partial charge in [-0.2, -0.15) is 0 Å². The van der Waals surface area contributed by atoms with Crippen LogP contribution in [0.15, 0.2) is 12.1 Å². The molecule has 2 aromatic rings. The van der Waals surface area contributed by atoms with Gasteiger partial charge < -0.3 is 102 Å². The molecule has 10 rings (SSSR count). The van der Waals surface area contributed by atoms with E-state index in [-0.39, 0.29) is 85.5 Å². The molecule has 6 fully saturated rings. The summed E-state index contributed by atoms with van der Waals surface area (Å²) in [5.74, 6) is -4.88. The normalized spacial score (nSPS) is 41.4. The standard InChI is InChI=1S/C60H88N2O21/c1-12-60(71)25-40(80-45-23-32(61(8)9)57(30(6)76-45)81-43-21-17-38(28(4)74-43)78-41-19-15-34(63)26(2)72-41)49-52(56(70)51-50(55(49)69)53(67)47-36(65)13-14-37(66)48(47)54(51)68)59(60)83-46-24-33(62(10)11)58(31(7)77-46)82-44-22-18-39(29(5)75-44)79-42-20-16-35(64)27(3)73-42/h13-14,26-35,38-46,57-59,63-66,69-71H,12,15-25H2,1-11H3. The van der Waals surface area contributed by atoms with Crippen LogP contribution in [-0.2, 0) is 56.8 Å². The van der Waals surface area contributed by atoms with Crippen LogP contribution >= 0.6 is 0 Å². The van der Waals surface area contributed by atoms with E-state index in [1.165, 1.54) is 0 Å². The number of benzene rings is 2. The van der Waals surface area contributed by atoms with Crippen LogP contribution in [0.2, 0.25) is 0 Å². The van der Waals surface area contributed by atoms with Crippen LogP contribution in [0.25, 0.3) is 0 Å². The van der Waals surface area contributed by atoms with Gasteiger partial charge >= 0.3 is 0 Å². The molecule has 8 aliphatic rings. The molecule has 2 aromatic carbocycles. The Balaban J connectivity index is 0.894. The number of aromatic hydroxyl groups is 4. The van der Waals surface area contributed by atoms with Gasteiger partial charge in [0.1, 0.15) is 41.3 Å². The van der Waals surface area contributed by atoms with Crippen molar-refractivity contribution >= 4 is 11.6 Å². The molecule has 464 valence electrons. The fourth-order valence-corrected chi connectivity index (χ4v) is 13.7. The van der Waals surface area contributed by atoms with Gasteiger partial charge in [-0.3, -0.25) is 9.59 Å². The Labute approximate surface area is 485 Å². The molecular formula is C60H88N2O21. The van der Waals surface area contributed by atoms with E-state index in [0.29, 0.717) is 51.4 Å². The molecule has 6 aliphatic heterocycles. The van der Waals surface area contributed by atoms with Crippen molar-refractivity contribution in [2.75, 3.05) is 28.2 Å². The van der Waals surface area contributed by atoms with E-state index in [1.54, 1.807) is 6.92 Å². The van der Waals surface area contributed by atoms with Gasteiger partial charge in [-0.1, -0.05) is 6.92 Å². The summed E-state index contributed by atoms with van der Waals surface area (Å²) in [4.78, 5) is 33.1. The number of aliphatic hydroxyl groups excluding tert-OH is 2. The van der Waals surface area contributed by atoms with Crippen molar-refractivity contribution in [1.29, 1.82) is 0 Å². The van der Waals surface area contributed by atoms with E-state index < -0.39 is 149 Å². The van der Waals surface area contributed by atoms with Crippen molar-refractivity contribution in [3.63, 3.8) is 0 Å². The Morgan fingerprint density at radius 2 is 0.880 bits per heavy atom. The van der Waals surface area contributed by atoms with Crippen molar-refractivity contribution in [1.82, 2.24) is 9.80 Å². The summed E-state index contributed by atoms with van der Waals surface area (Å²) in [6.45, 7) is 12.9. The Morgan fingerprint density at radius 3 is 1.29 bits per heavy atom. The number of hydrogen-bond acceptors (Lipinski definition) is 23. The fraction of sp³-hybridized carbons (Fsp3) is 0.767. The first kappa shape index (κ1) is 62.4. The first-order chi connectivity index (χ1) is 39.4. The maximum Gasteiger partial charge on any atom is 0.202 e. The Bertz CT molecular complexity index is 2640. The predicted octanol–water partition coefficient (Wildman–Crippen LogP) is 5.44. The van der Waals surface area contributed by atoms with Gasteiger partial charge in [0.2, 0.25) is 11.6 Å². The molecule has 23 unspecified atom stereocenters. The molecule has 23 nitrogen and oxygen atoms in total. The highest BCUT2D eigenvalue weighted by atomic mass is 16.8. The number of fused-ring (bicyclic) bond motifs is 3. The molecule has 6 saturated heterocycles. The minimum absolute atomic E-state index is 0.000689. The second kappa shape index (κ2) is 25.2. The second-order valence-electron chi connectivity index (χ2n) is 24.7. The smallest absolute Gasteiger partial charge is 0.202 e. The maximum atomic E-state index is 14.6. The van der Waals surface area contributed by atoms with Gasteiger partial charge in [0.25, 0.3) is 0 Å². The molecule has 23 heteroatoms. The number of nitrogens with zero attached hydrogens (tertiary/aromatic N) is 2. The van der Waals surface area contributed by atoms with Gasteiger partial charge in [-0.25, -0.2) is 0 Å². The Kier molecular flexibility index (Phi) is 18.9. The van der Waals surface area contributed by atoms with Gasteiger partial charge in [-0.05, 0) is 114 Å². The fourth-order valence-electron chi connectivity index (χ4n) is 13.7. The highest BCUT2D eigenvalue weighted by molar-refractivity contribution is 6.32. The lowest BCUT2D eigenvalue weighted by Crippen LogP contribution is -2.57. The van der Waals surface area contributed by atoms with Gasteiger partial charge in [0.15, 0.2) is 37.7 Å². The summed E-state index contributed by atoms with van der Waals surface area (Å²) in [5, 5.41) is 80.7. The van der Waals surface area contributed by atoms with Gasteiger partial charge in [0.05, 0.1) is 95.0 Å². The third-order valence-electron chi connectivity index (χ3n) is 18.7. The van der Waals surface area contributed by atoms with Crippen molar-refractivity contribution in [2.24, 2.45) is 0 Å². The maximum absolute atomic E-state index is 14.6. The minimum Gasteiger partial charge on any atom is -0.507 e. The molecule has 0 spiro atoms. The van der Waals surface area contributed by atoms with Crippen LogP contribution in [0.4, 0.5) is 0 Å². The van der Waals surface area contributed by atoms with Crippen molar-refractivity contribution in [2.45, 2.75) is 266 Å². The molecule has 7 N–H and O–H groups in total. The van der Waals surface area contributed by atoms with Crippen molar-refractivity contribution in [3.8, 4) is 23.0 Å². The lowest BCUT2D eigenvalue weighted by Gasteiger charge is -2.50. The van der Waals surface area contributed by atoms with Crippen LogP contribution in [0.3, 0.4) is 0 Å². The van der Waals surface area contributed by atoms with E-state index in [4.69, 9.17) is 56.8 Å². The molecule has 83 heavy (non-hydrogen) atoms. The van der Waals surface area contributed by atoms with Crippen LogP contribution in [0, 0.1) is 0 Å². The van der Waals surface area contributed by atoms with Crippen LogP contribution in [0.5, 0.6) is 23.0 Å². The summed E-state index contributed by atoms with van der Waals surface area (Å²) in [6.07, 6.45) is -7.42. The number of phenols is 4. The second-order valence-corrected chi connectivity index (χ2v) is 24.7. The van der Waals surface area contributed by atoms with E-state index in [9.17, 15) is 45.3 Å². The molecule has 23 atom stereocenters. The average molecular weight is 1170 g/mol. The number of carbonyl (C=O) groups is 2. The van der Waals surface area contributed by atoms with Crippen LogP contribution in [0.1, 0.15) is 181 Å². The number of likely N-dealkylation sites (N-methyl/N-ethyl adjacent to an activating group) is 2. The molecule has 0 aromatic heterocycles. The molecule has 0 saturated carbocycles. The highest BCUT2D eigenvalue weighted by Gasteiger charge is 2.55. The minimum atomic E-state index is -1.90. The lowest BCUT2D eigenvalue weighted by molar-refractivity contribution is -0.324. The quantitative estimate of drug-likeness (QED) is 0.0933. The lowest BCUT2D eigenvalue weighted by atomic mass is 9.70. The predicted molar refractivity (Wildman–Crippen MR) is 293 cm³/mol. The summed E-state index contributed by atoms with van der Waals surface area (Å²) in [6, 6.07) is 1.43. The molecule has 2 aliphatic carbocycles. The zero-order valence-electron chi connectivity index (χ0n) is 49.6. The SMILES string of the molecule is CCC1(O)CC(OC2CC(N(C)C)C(OC3CCC(OC4CCC(O)C(C)O4)C(C)O3)C(C)O2)c2c(O)c3c(c(O)c2C1OC1CC(N(C)C)C(OC2CCC(OC4CCC(O)C(C)O4)C(C)O2)C(C)O1)C(=O)c1c(O)ccc(O)c1C3=O. The van der Waals surface area contributed by atoms with E-state index in [2.05, 4.69) is 0 Å². The molecule has 6 heterocycles. The summed E-state index contributed by atoms with van der Waals surface area (Å²) in [7, 11) is 7.62. The van der Waals surface area contributed by atoms with Crippen molar-refractivity contribution < 1.29 is 102 Å². The third kappa shape index (κ3) is 12.5. The van der Waals surface area contributed by atoms with Crippen molar-refractivity contribution in [3.05, 3.63) is 45.5 Å². The topological polar surface area (TPSA) is 293 Å². The highest BCUT2D eigenvalue weighted by Crippen LogP contribution is 2.59. The molecule has 0 amide bonds. The van der Waals surface area contributed by atoms with E-state index in [0.717, 1.165) is 12.1 Å². The zero-order valence-corrected chi connectivity index (χ0v) is 49.6. The summed E-state index contributed by atoms with van der Waals surface area (Å²) < 4.78 is 77.7. The van der Waals surface area contributed by atoms with E-state index in [1.807, 2.05) is 79.5 Å².